The van der Waals surface area contributed by atoms with Crippen LogP contribution in [-0.2, 0) is 9.59 Å². The van der Waals surface area contributed by atoms with Crippen LogP contribution in [0.2, 0.25) is 0 Å². The minimum atomic E-state index is -0.656. The lowest BCUT2D eigenvalue weighted by atomic mass is 10.0. The molecule has 2 aromatic rings. The molecule has 2 aromatic carbocycles. The normalized spacial score (nSPS) is 9.06. The molecule has 0 amide bonds. The molecule has 10 nitrogen and oxygen atoms in total. The predicted octanol–water partition coefficient (Wildman–Crippen LogP) is 3.00. The van der Waals surface area contributed by atoms with Gasteiger partial charge in [-0.2, -0.15) is 0 Å². The second-order valence-corrected chi connectivity index (χ2v) is 6.51. The van der Waals surface area contributed by atoms with Gasteiger partial charge in [0.1, 0.15) is 11.5 Å². The van der Waals surface area contributed by atoms with Crippen LogP contribution < -0.4 is 18.9 Å². The highest BCUT2D eigenvalue weighted by atomic mass is 35.5. The first kappa shape index (κ1) is 33.5. The van der Waals surface area contributed by atoms with E-state index in [2.05, 4.69) is 0 Å². The highest BCUT2D eigenvalue weighted by Gasteiger charge is 2.18. The Kier molecular flexibility index (Phi) is 15.4. The number of aromatic hydroxyl groups is 1. The number of hydrogen-bond donors (Lipinski definition) is 2. The van der Waals surface area contributed by atoms with E-state index >= 15 is 0 Å². The maximum Gasteiger partial charge on any atom is 0.228 e. The monoisotopic (exact) mass is 514 g/mol. The van der Waals surface area contributed by atoms with Gasteiger partial charge in [0, 0.05) is 37.6 Å². The summed E-state index contributed by atoms with van der Waals surface area (Å²) in [6.07, 6.45) is 0. The maximum absolute atomic E-state index is 11.5. The van der Waals surface area contributed by atoms with E-state index in [1.165, 1.54) is 54.4 Å². The Hall–Kier alpha value is -3.63. The summed E-state index contributed by atoms with van der Waals surface area (Å²) in [5.41, 5.74) is 1.20. The number of aliphatic hydroxyl groups is 1. The van der Waals surface area contributed by atoms with Crippen LogP contribution in [0.25, 0.3) is 0 Å². The summed E-state index contributed by atoms with van der Waals surface area (Å²) in [6.45, 7) is 4.23. The van der Waals surface area contributed by atoms with Gasteiger partial charge in [-0.3, -0.25) is 19.2 Å². The van der Waals surface area contributed by atoms with E-state index in [0.717, 1.165) is 12.7 Å². The quantitative estimate of drug-likeness (QED) is 0.398. The third kappa shape index (κ3) is 8.91. The molecular weight excluding hydrogens is 484 g/mol. The van der Waals surface area contributed by atoms with E-state index in [4.69, 9.17) is 24.1 Å². The van der Waals surface area contributed by atoms with Crippen LogP contribution in [0.4, 0.5) is 0 Å². The molecule has 0 aliphatic rings. The van der Waals surface area contributed by atoms with Gasteiger partial charge in [-0.1, -0.05) is 0 Å². The summed E-state index contributed by atoms with van der Waals surface area (Å²) in [5, 5.41) is 16.6. The van der Waals surface area contributed by atoms with Crippen molar-refractivity contribution < 1.29 is 48.3 Å². The molecule has 0 fully saturated rings. The van der Waals surface area contributed by atoms with Crippen molar-refractivity contribution in [2.75, 3.05) is 35.5 Å². The third-order valence-corrected chi connectivity index (χ3v) is 4.40. The number of phenolic OH excluding ortho intramolecular Hbond substituents is 1. The fourth-order valence-electron chi connectivity index (χ4n) is 2.65. The van der Waals surface area contributed by atoms with Crippen LogP contribution in [0, 0.1) is 6.92 Å². The summed E-state index contributed by atoms with van der Waals surface area (Å²) in [4.78, 5) is 44.9. The van der Waals surface area contributed by atoms with Crippen LogP contribution in [0.1, 0.15) is 40.1 Å². The number of phenols is 1. The molecule has 0 heterocycles. The van der Waals surface area contributed by atoms with Crippen molar-refractivity contribution in [2.24, 2.45) is 0 Å². The molecule has 2 N–H and O–H groups in total. The zero-order valence-electron chi connectivity index (χ0n) is 20.9. The van der Waals surface area contributed by atoms with Gasteiger partial charge < -0.3 is 29.2 Å². The fraction of sp³-hybridized carbons (Fsp3) is 0.333. The highest BCUT2D eigenvalue weighted by Crippen LogP contribution is 2.37. The number of methoxy groups -OCH3 is 4. The molecule has 0 spiro atoms. The first-order valence-corrected chi connectivity index (χ1v) is 9.75. The van der Waals surface area contributed by atoms with Gasteiger partial charge in [-0.15, -0.1) is 12.4 Å². The van der Waals surface area contributed by atoms with Crippen LogP contribution in [0.5, 0.6) is 28.7 Å². The number of ether oxygens (including phenoxy) is 4. The zero-order valence-corrected chi connectivity index (χ0v) is 21.7. The number of aliphatic hydroxyl groups excluding tert-OH is 1. The number of rotatable bonds is 8. The van der Waals surface area contributed by atoms with Crippen molar-refractivity contribution >= 4 is 35.5 Å². The maximum atomic E-state index is 11.5. The SMILES string of the molecule is CO.COc1cc(C(=O)C(C)=O)cc(OC)c1C.COc1cc(C(=O)C(C)=O)cc(OC)c1O.Cl. The van der Waals surface area contributed by atoms with Gasteiger partial charge in [0.2, 0.25) is 17.3 Å². The average molecular weight is 515 g/mol. The number of benzene rings is 2. The van der Waals surface area contributed by atoms with Crippen LogP contribution >= 0.6 is 12.4 Å². The molecule has 35 heavy (non-hydrogen) atoms. The van der Waals surface area contributed by atoms with Gasteiger partial charge in [0.15, 0.2) is 23.1 Å². The predicted molar refractivity (Wildman–Crippen MR) is 131 cm³/mol. The molecule has 0 unspecified atom stereocenters. The molecule has 0 radical (unpaired) electrons. The lowest BCUT2D eigenvalue weighted by Crippen LogP contribution is -2.10. The van der Waals surface area contributed by atoms with Gasteiger partial charge in [0.25, 0.3) is 0 Å². The number of carbonyl (C=O) groups is 4. The summed E-state index contributed by atoms with van der Waals surface area (Å²) in [6, 6.07) is 5.67. The Morgan fingerprint density at radius 2 is 0.886 bits per heavy atom. The average Bonchev–Trinajstić information content (AvgIpc) is 2.84. The number of carbonyl (C=O) groups excluding carboxylic acids is 4. The molecular formula is C24H31ClO10. The summed E-state index contributed by atoms with van der Waals surface area (Å²) in [7, 11) is 6.70. The topological polar surface area (TPSA) is 146 Å². The van der Waals surface area contributed by atoms with Crippen molar-refractivity contribution in [3.05, 3.63) is 41.0 Å². The van der Waals surface area contributed by atoms with Gasteiger partial charge in [0.05, 0.1) is 28.4 Å². The molecule has 0 atom stereocenters. The van der Waals surface area contributed by atoms with Crippen molar-refractivity contribution in [1.29, 1.82) is 0 Å². The van der Waals surface area contributed by atoms with Crippen molar-refractivity contribution in [2.45, 2.75) is 20.8 Å². The molecule has 194 valence electrons. The third-order valence-electron chi connectivity index (χ3n) is 4.40. The van der Waals surface area contributed by atoms with Gasteiger partial charge >= 0.3 is 0 Å². The smallest absolute Gasteiger partial charge is 0.228 e. The van der Waals surface area contributed by atoms with E-state index in [1.54, 1.807) is 12.1 Å². The zero-order chi connectivity index (χ0) is 26.6. The number of halogens is 1. The molecule has 0 aliphatic heterocycles. The first-order valence-electron chi connectivity index (χ1n) is 9.75. The lowest BCUT2D eigenvalue weighted by Gasteiger charge is -2.11. The van der Waals surface area contributed by atoms with Crippen LogP contribution in [0.15, 0.2) is 24.3 Å². The molecule has 0 aliphatic carbocycles. The van der Waals surface area contributed by atoms with E-state index in [0.29, 0.717) is 11.5 Å². The molecule has 0 aromatic heterocycles. The van der Waals surface area contributed by atoms with E-state index in [1.807, 2.05) is 6.92 Å². The summed E-state index contributed by atoms with van der Waals surface area (Å²) >= 11 is 0. The number of Topliss-reactive ketones (excluding diaryl/α,β-unsaturated/α-hetero) is 4. The Bertz CT molecular complexity index is 913. The number of ketones is 4. The fourth-order valence-corrected chi connectivity index (χ4v) is 2.65. The van der Waals surface area contributed by atoms with Gasteiger partial charge in [-0.05, 0) is 31.2 Å². The number of hydrogen-bond acceptors (Lipinski definition) is 10. The molecule has 0 saturated carbocycles. The van der Waals surface area contributed by atoms with Crippen molar-refractivity contribution in [3.8, 4) is 28.7 Å². The molecule has 11 heteroatoms. The Balaban J connectivity index is 0. The molecule has 0 bridgehead atoms. The summed E-state index contributed by atoms with van der Waals surface area (Å²) < 4.78 is 20.0. The van der Waals surface area contributed by atoms with Crippen molar-refractivity contribution in [3.63, 3.8) is 0 Å². The summed E-state index contributed by atoms with van der Waals surface area (Å²) in [5.74, 6) is -1.26. The minimum absolute atomic E-state index is 0. The van der Waals surface area contributed by atoms with Crippen LogP contribution in [-0.4, -0.2) is 68.9 Å². The second-order valence-electron chi connectivity index (χ2n) is 6.51. The van der Waals surface area contributed by atoms with Gasteiger partial charge in [-0.25, -0.2) is 0 Å². The van der Waals surface area contributed by atoms with E-state index in [-0.39, 0.29) is 40.8 Å². The standard InChI is InChI=1S/C12H14O4.C11H12O5.CH4O.ClH/c1-7-10(15-3)5-9(6-11(7)16-4)12(14)8(2)13;1-6(12)10(13)7-4-8(15-2)11(14)9(5-7)16-3;1-2;/h5-6H,1-4H3;4-5,14H,1-3H3;2H,1H3;1H. The molecule has 0 saturated heterocycles. The second kappa shape index (κ2) is 16.1. The first-order chi connectivity index (χ1) is 16.0. The highest BCUT2D eigenvalue weighted by molar-refractivity contribution is 6.43. The van der Waals surface area contributed by atoms with E-state index < -0.39 is 23.1 Å². The Morgan fingerprint density at radius 3 is 1.11 bits per heavy atom. The molecule has 2 rings (SSSR count). The Labute approximate surface area is 210 Å². The largest absolute Gasteiger partial charge is 0.502 e. The lowest BCUT2D eigenvalue weighted by molar-refractivity contribution is -0.113. The Morgan fingerprint density at radius 1 is 0.629 bits per heavy atom. The minimum Gasteiger partial charge on any atom is -0.502 e. The van der Waals surface area contributed by atoms with Crippen LogP contribution in [0.3, 0.4) is 0 Å². The van der Waals surface area contributed by atoms with Crippen molar-refractivity contribution in [1.82, 2.24) is 0 Å². The van der Waals surface area contributed by atoms with E-state index in [9.17, 15) is 24.3 Å².